The summed E-state index contributed by atoms with van der Waals surface area (Å²) in [6.07, 6.45) is 1.54. The van der Waals surface area contributed by atoms with Crippen molar-refractivity contribution >= 4 is 11.6 Å². The minimum absolute atomic E-state index is 0.162. The number of hydrazine groups is 1. The Morgan fingerprint density at radius 3 is 2.71 bits per heavy atom. The molecule has 0 atom stereocenters. The summed E-state index contributed by atoms with van der Waals surface area (Å²) in [5, 5.41) is 0. The van der Waals surface area contributed by atoms with Crippen molar-refractivity contribution in [2.24, 2.45) is 5.84 Å². The molecular formula is C11H19N5O. The molecule has 6 nitrogen and oxygen atoms in total. The molecule has 1 aromatic rings. The summed E-state index contributed by atoms with van der Waals surface area (Å²) < 4.78 is 0. The highest BCUT2D eigenvalue weighted by Crippen LogP contribution is 2.16. The van der Waals surface area contributed by atoms with Crippen molar-refractivity contribution in [3.8, 4) is 0 Å². The largest absolute Gasteiger partial charge is 0.341 e. The van der Waals surface area contributed by atoms with E-state index in [4.69, 9.17) is 5.84 Å². The maximum Gasteiger partial charge on any atom is 0.274 e. The first-order chi connectivity index (χ1) is 8.01. The zero-order valence-corrected chi connectivity index (χ0v) is 10.7. The lowest BCUT2D eigenvalue weighted by molar-refractivity contribution is 0.0797. The minimum atomic E-state index is -0.162. The average molecular weight is 237 g/mol. The number of nitrogen functional groups attached to an aromatic ring is 1. The van der Waals surface area contributed by atoms with E-state index in [0.29, 0.717) is 23.8 Å². The standard InChI is InChI=1S/C11H19N5O/c1-5-16(4)11(17)9-8(15-12)6-13-10(14-9)7(2)3/h6-7,15H,5,12H2,1-4H3. The van der Waals surface area contributed by atoms with Crippen molar-refractivity contribution in [1.82, 2.24) is 14.9 Å². The predicted octanol–water partition coefficient (Wildman–Crippen LogP) is 0.977. The molecule has 0 aromatic carbocycles. The Kier molecular flexibility index (Phi) is 4.39. The molecule has 0 aliphatic carbocycles. The van der Waals surface area contributed by atoms with E-state index in [0.717, 1.165) is 0 Å². The number of amides is 1. The SMILES string of the molecule is CCN(C)C(=O)c1nc(C(C)C)ncc1NN. The van der Waals surface area contributed by atoms with Crippen molar-refractivity contribution in [1.29, 1.82) is 0 Å². The molecule has 0 saturated carbocycles. The first-order valence-corrected chi connectivity index (χ1v) is 5.60. The molecule has 0 radical (unpaired) electrons. The summed E-state index contributed by atoms with van der Waals surface area (Å²) in [6, 6.07) is 0. The van der Waals surface area contributed by atoms with Crippen molar-refractivity contribution in [2.45, 2.75) is 26.7 Å². The van der Waals surface area contributed by atoms with Crippen LogP contribution in [0.15, 0.2) is 6.20 Å². The first-order valence-electron chi connectivity index (χ1n) is 5.60. The van der Waals surface area contributed by atoms with Crippen molar-refractivity contribution in [3.63, 3.8) is 0 Å². The quantitative estimate of drug-likeness (QED) is 0.602. The van der Waals surface area contributed by atoms with Gasteiger partial charge < -0.3 is 10.3 Å². The molecule has 0 aliphatic rings. The molecular weight excluding hydrogens is 218 g/mol. The van der Waals surface area contributed by atoms with Crippen LogP contribution in [0.2, 0.25) is 0 Å². The minimum Gasteiger partial charge on any atom is -0.341 e. The maximum atomic E-state index is 12.1. The molecule has 94 valence electrons. The fourth-order valence-corrected chi connectivity index (χ4v) is 1.27. The third kappa shape index (κ3) is 2.91. The molecule has 0 saturated heterocycles. The van der Waals surface area contributed by atoms with Crippen LogP contribution in [0, 0.1) is 0 Å². The highest BCUT2D eigenvalue weighted by atomic mass is 16.2. The number of nitrogens with zero attached hydrogens (tertiary/aromatic N) is 3. The van der Waals surface area contributed by atoms with Crippen LogP contribution >= 0.6 is 0 Å². The van der Waals surface area contributed by atoms with Gasteiger partial charge in [-0.3, -0.25) is 10.6 Å². The van der Waals surface area contributed by atoms with Gasteiger partial charge in [0.25, 0.3) is 5.91 Å². The number of nitrogens with two attached hydrogens (primary N) is 1. The predicted molar refractivity (Wildman–Crippen MR) is 66.6 cm³/mol. The van der Waals surface area contributed by atoms with Gasteiger partial charge in [0.15, 0.2) is 5.69 Å². The van der Waals surface area contributed by atoms with Crippen molar-refractivity contribution < 1.29 is 4.79 Å². The monoisotopic (exact) mass is 237 g/mol. The number of carbonyl (C=O) groups excluding carboxylic acids is 1. The molecule has 1 aromatic heterocycles. The molecule has 0 fully saturated rings. The van der Waals surface area contributed by atoms with E-state index in [1.54, 1.807) is 18.1 Å². The Bertz CT molecular complexity index is 405. The lowest BCUT2D eigenvalue weighted by atomic mass is 10.2. The Hall–Kier alpha value is -1.69. The topological polar surface area (TPSA) is 84.1 Å². The van der Waals surface area contributed by atoms with Crippen LogP contribution in [-0.2, 0) is 0 Å². The van der Waals surface area contributed by atoms with Crippen LogP contribution in [-0.4, -0.2) is 34.4 Å². The third-order valence-corrected chi connectivity index (χ3v) is 2.50. The van der Waals surface area contributed by atoms with E-state index in [2.05, 4.69) is 15.4 Å². The highest BCUT2D eigenvalue weighted by Gasteiger charge is 2.18. The Labute approximate surface area is 101 Å². The lowest BCUT2D eigenvalue weighted by Crippen LogP contribution is -2.29. The number of carbonyl (C=O) groups is 1. The van der Waals surface area contributed by atoms with Crippen molar-refractivity contribution in [2.75, 3.05) is 19.0 Å². The van der Waals surface area contributed by atoms with Gasteiger partial charge in [-0.05, 0) is 6.92 Å². The molecule has 0 bridgehead atoms. The summed E-state index contributed by atoms with van der Waals surface area (Å²) in [5.41, 5.74) is 3.21. The zero-order chi connectivity index (χ0) is 13.0. The average Bonchev–Trinajstić information content (AvgIpc) is 2.35. The Morgan fingerprint density at radius 1 is 1.59 bits per heavy atom. The van der Waals surface area contributed by atoms with Crippen LogP contribution < -0.4 is 11.3 Å². The van der Waals surface area contributed by atoms with Gasteiger partial charge in [0.2, 0.25) is 0 Å². The lowest BCUT2D eigenvalue weighted by Gasteiger charge is -2.16. The van der Waals surface area contributed by atoms with E-state index in [1.165, 1.54) is 0 Å². The normalized spacial score (nSPS) is 10.5. The van der Waals surface area contributed by atoms with Gasteiger partial charge in [0.1, 0.15) is 5.82 Å². The first kappa shape index (κ1) is 13.4. The zero-order valence-electron chi connectivity index (χ0n) is 10.7. The van der Waals surface area contributed by atoms with E-state index >= 15 is 0 Å². The van der Waals surface area contributed by atoms with E-state index < -0.39 is 0 Å². The molecule has 3 N–H and O–H groups in total. The summed E-state index contributed by atoms with van der Waals surface area (Å²) >= 11 is 0. The fraction of sp³-hybridized carbons (Fsp3) is 0.545. The van der Waals surface area contributed by atoms with Crippen LogP contribution in [0.3, 0.4) is 0 Å². The van der Waals surface area contributed by atoms with E-state index in [-0.39, 0.29) is 11.8 Å². The fourth-order valence-electron chi connectivity index (χ4n) is 1.27. The molecule has 17 heavy (non-hydrogen) atoms. The summed E-state index contributed by atoms with van der Waals surface area (Å²) in [5.74, 6) is 6.00. The molecule has 6 heteroatoms. The second-order valence-electron chi connectivity index (χ2n) is 4.11. The Balaban J connectivity index is 3.18. The van der Waals surface area contributed by atoms with Gasteiger partial charge in [-0.2, -0.15) is 0 Å². The summed E-state index contributed by atoms with van der Waals surface area (Å²) in [4.78, 5) is 22.1. The van der Waals surface area contributed by atoms with Gasteiger partial charge in [0.05, 0.1) is 11.9 Å². The molecule has 1 amide bonds. The van der Waals surface area contributed by atoms with Gasteiger partial charge in [-0.15, -0.1) is 0 Å². The molecule has 1 heterocycles. The maximum absolute atomic E-state index is 12.1. The number of aromatic nitrogens is 2. The summed E-state index contributed by atoms with van der Waals surface area (Å²) in [7, 11) is 1.72. The van der Waals surface area contributed by atoms with Crippen LogP contribution in [0.5, 0.6) is 0 Å². The van der Waals surface area contributed by atoms with E-state index in [9.17, 15) is 4.79 Å². The second kappa shape index (κ2) is 5.58. The van der Waals surface area contributed by atoms with E-state index in [1.807, 2.05) is 20.8 Å². The molecule has 1 rings (SSSR count). The second-order valence-corrected chi connectivity index (χ2v) is 4.11. The van der Waals surface area contributed by atoms with Crippen molar-refractivity contribution in [3.05, 3.63) is 17.7 Å². The molecule has 0 unspecified atom stereocenters. The van der Waals surface area contributed by atoms with Gasteiger partial charge in [-0.1, -0.05) is 13.8 Å². The number of nitrogens with one attached hydrogen (secondary N) is 1. The van der Waals surface area contributed by atoms with Crippen LogP contribution in [0.25, 0.3) is 0 Å². The molecule has 0 spiro atoms. The number of hydrogen-bond donors (Lipinski definition) is 2. The van der Waals surface area contributed by atoms with Gasteiger partial charge >= 0.3 is 0 Å². The molecule has 0 aliphatic heterocycles. The summed E-state index contributed by atoms with van der Waals surface area (Å²) in [6.45, 7) is 6.47. The smallest absolute Gasteiger partial charge is 0.274 e. The number of rotatable bonds is 4. The van der Waals surface area contributed by atoms with Crippen LogP contribution in [0.4, 0.5) is 5.69 Å². The number of hydrogen-bond acceptors (Lipinski definition) is 5. The van der Waals surface area contributed by atoms with Gasteiger partial charge in [-0.25, -0.2) is 9.97 Å². The van der Waals surface area contributed by atoms with Crippen LogP contribution in [0.1, 0.15) is 43.0 Å². The highest BCUT2D eigenvalue weighted by molar-refractivity contribution is 5.97. The Morgan fingerprint density at radius 2 is 2.24 bits per heavy atom. The number of anilines is 1. The third-order valence-electron chi connectivity index (χ3n) is 2.50. The van der Waals surface area contributed by atoms with Gasteiger partial charge in [0, 0.05) is 19.5 Å².